The predicted octanol–water partition coefficient (Wildman–Crippen LogP) is 5.57. The van der Waals surface area contributed by atoms with Crippen molar-refractivity contribution in [2.45, 2.75) is 26.7 Å². The molecule has 0 saturated heterocycles. The van der Waals surface area contributed by atoms with Crippen molar-refractivity contribution in [1.29, 1.82) is 0 Å². The molecule has 3 aromatic rings. The van der Waals surface area contributed by atoms with Crippen LogP contribution in [0.4, 0.5) is 37.6 Å². The number of nitrogens with one attached hydrogen (secondary N) is 2. The van der Waals surface area contributed by atoms with E-state index in [2.05, 4.69) is 32.2 Å². The molecule has 0 aliphatic heterocycles. The molecule has 2 aromatic heterocycles. The van der Waals surface area contributed by atoms with E-state index in [-0.39, 0.29) is 23.2 Å². The molecule has 8 nitrogen and oxygen atoms in total. The van der Waals surface area contributed by atoms with Crippen molar-refractivity contribution in [3.8, 4) is 5.75 Å². The number of nitrogens with zero attached hydrogens (tertiary/aromatic N) is 4. The summed E-state index contributed by atoms with van der Waals surface area (Å²) in [7, 11) is 3.14. The quantitative estimate of drug-likeness (QED) is 0.385. The summed E-state index contributed by atoms with van der Waals surface area (Å²) in [6.07, 6.45) is 5.37. The number of hydrogen-bond donors (Lipinski definition) is 2. The molecule has 1 aromatic carbocycles. The Bertz CT molecular complexity index is 1230. The first-order valence-corrected chi connectivity index (χ1v) is 10.9. The maximum absolute atomic E-state index is 15.2. The third-order valence-electron chi connectivity index (χ3n) is 5.43. The molecule has 2 N–H and O–H groups in total. The Kier molecular flexibility index (Phi) is 7.63. The van der Waals surface area contributed by atoms with E-state index in [0.29, 0.717) is 22.8 Å². The third kappa shape index (κ3) is 5.71. The highest BCUT2D eigenvalue weighted by Crippen LogP contribution is 2.42. The van der Waals surface area contributed by atoms with Gasteiger partial charge in [-0.25, -0.2) is 13.8 Å². The zero-order valence-corrected chi connectivity index (χ0v) is 20.3. The SMILES string of the molecule is C=CC(=O)Nc1cc(N(C)c2nc(Nc3cncc(OC)c3)ncc2C(F)(F)C(C)C)ccc1C. The van der Waals surface area contributed by atoms with Gasteiger partial charge in [-0.15, -0.1) is 0 Å². The first kappa shape index (κ1) is 25.5. The number of halogens is 2. The molecule has 10 heteroatoms. The van der Waals surface area contributed by atoms with Crippen molar-refractivity contribution in [3.05, 3.63) is 66.6 Å². The maximum Gasteiger partial charge on any atom is 0.280 e. The summed E-state index contributed by atoms with van der Waals surface area (Å²) < 4.78 is 35.6. The molecular formula is C25H28F2N6O2. The van der Waals surface area contributed by atoms with Crippen LogP contribution in [0.3, 0.4) is 0 Å². The first-order valence-electron chi connectivity index (χ1n) is 10.9. The molecule has 35 heavy (non-hydrogen) atoms. The van der Waals surface area contributed by atoms with Gasteiger partial charge in [-0.05, 0) is 30.7 Å². The minimum Gasteiger partial charge on any atom is -0.495 e. The minimum atomic E-state index is -3.19. The largest absolute Gasteiger partial charge is 0.495 e. The molecule has 2 heterocycles. The number of pyridine rings is 1. The second kappa shape index (κ2) is 10.5. The molecule has 184 valence electrons. The van der Waals surface area contributed by atoms with Crippen LogP contribution in [-0.4, -0.2) is 35.0 Å². The molecule has 0 atom stereocenters. The van der Waals surface area contributed by atoms with Crippen LogP contribution >= 0.6 is 0 Å². The van der Waals surface area contributed by atoms with Crippen LogP contribution in [0.2, 0.25) is 0 Å². The highest BCUT2D eigenvalue weighted by molar-refractivity contribution is 5.99. The number of ether oxygens (including phenoxy) is 1. The van der Waals surface area contributed by atoms with Crippen molar-refractivity contribution in [2.24, 2.45) is 5.92 Å². The van der Waals surface area contributed by atoms with Crippen LogP contribution in [0.1, 0.15) is 25.0 Å². The molecule has 0 radical (unpaired) electrons. The van der Waals surface area contributed by atoms with Crippen molar-refractivity contribution >= 4 is 34.7 Å². The second-order valence-electron chi connectivity index (χ2n) is 8.20. The van der Waals surface area contributed by atoms with Gasteiger partial charge in [0.25, 0.3) is 5.92 Å². The van der Waals surface area contributed by atoms with Crippen LogP contribution in [0, 0.1) is 12.8 Å². The molecular weight excluding hydrogens is 454 g/mol. The summed E-state index contributed by atoms with van der Waals surface area (Å²) in [6.45, 7) is 8.16. The molecule has 0 fully saturated rings. The number of rotatable bonds is 9. The number of aryl methyl sites for hydroxylation is 1. The van der Waals surface area contributed by atoms with Crippen molar-refractivity contribution in [2.75, 3.05) is 29.7 Å². The van der Waals surface area contributed by atoms with E-state index >= 15 is 8.78 Å². The van der Waals surface area contributed by atoms with Gasteiger partial charge in [0.1, 0.15) is 11.6 Å². The van der Waals surface area contributed by atoms with E-state index in [1.165, 1.54) is 32.1 Å². The van der Waals surface area contributed by atoms with Crippen molar-refractivity contribution < 1.29 is 18.3 Å². The number of hydrogen-bond acceptors (Lipinski definition) is 7. The Morgan fingerprint density at radius 3 is 2.63 bits per heavy atom. The monoisotopic (exact) mass is 482 g/mol. The summed E-state index contributed by atoms with van der Waals surface area (Å²) in [6, 6.07) is 6.92. The van der Waals surface area contributed by atoms with E-state index in [4.69, 9.17) is 4.74 Å². The van der Waals surface area contributed by atoms with Crippen LogP contribution in [-0.2, 0) is 10.7 Å². The zero-order valence-electron chi connectivity index (χ0n) is 20.3. The van der Waals surface area contributed by atoms with Crippen LogP contribution in [0.25, 0.3) is 0 Å². The number of carbonyl (C=O) groups is 1. The van der Waals surface area contributed by atoms with Crippen molar-refractivity contribution in [3.63, 3.8) is 0 Å². The standard InChI is InChI=1S/C25H28F2N6O2/c1-7-22(34)31-21-11-18(9-8-16(21)4)33(5)23-20(25(26,27)15(2)3)14-29-24(32-23)30-17-10-19(35-6)13-28-12-17/h7-15H,1H2,2-6H3,(H,31,34)(H,29,30,32). The average Bonchev–Trinajstić information content (AvgIpc) is 2.84. The van der Waals surface area contributed by atoms with Gasteiger partial charge in [0, 0.05) is 36.6 Å². The normalized spacial score (nSPS) is 11.2. The number of amides is 1. The second-order valence-corrected chi connectivity index (χ2v) is 8.20. The average molecular weight is 483 g/mol. The van der Waals surface area contributed by atoms with Gasteiger partial charge in [-0.2, -0.15) is 4.98 Å². The molecule has 1 amide bonds. The van der Waals surface area contributed by atoms with E-state index in [1.54, 1.807) is 37.5 Å². The van der Waals surface area contributed by atoms with Gasteiger partial charge in [0.15, 0.2) is 0 Å². The fraction of sp³-hybridized carbons (Fsp3) is 0.280. The number of alkyl halides is 2. The van der Waals surface area contributed by atoms with Gasteiger partial charge < -0.3 is 20.3 Å². The molecule has 0 aliphatic carbocycles. The summed E-state index contributed by atoms with van der Waals surface area (Å²) in [5.74, 6) is -3.91. The van der Waals surface area contributed by atoms with Gasteiger partial charge in [-0.3, -0.25) is 9.78 Å². The Hall–Kier alpha value is -4.08. The lowest BCUT2D eigenvalue weighted by atomic mass is 9.99. The zero-order chi connectivity index (χ0) is 25.8. The van der Waals surface area contributed by atoms with Gasteiger partial charge in [0.05, 0.1) is 30.8 Å². The van der Waals surface area contributed by atoms with E-state index in [0.717, 1.165) is 17.8 Å². The maximum atomic E-state index is 15.2. The van der Waals surface area contributed by atoms with Crippen LogP contribution < -0.4 is 20.3 Å². The Morgan fingerprint density at radius 1 is 1.23 bits per heavy atom. The van der Waals surface area contributed by atoms with E-state index < -0.39 is 11.8 Å². The van der Waals surface area contributed by atoms with Gasteiger partial charge in [0.2, 0.25) is 11.9 Å². The van der Waals surface area contributed by atoms with Gasteiger partial charge >= 0.3 is 0 Å². The highest BCUT2D eigenvalue weighted by Gasteiger charge is 2.40. The Balaban J connectivity index is 2.08. The smallest absolute Gasteiger partial charge is 0.280 e. The van der Waals surface area contributed by atoms with Gasteiger partial charge in [-0.1, -0.05) is 26.5 Å². The Labute approximate surface area is 203 Å². The summed E-state index contributed by atoms with van der Waals surface area (Å²) in [4.78, 5) is 26.0. The van der Waals surface area contributed by atoms with Crippen molar-refractivity contribution in [1.82, 2.24) is 15.0 Å². The van der Waals surface area contributed by atoms with Crippen LogP contribution in [0.5, 0.6) is 5.75 Å². The molecule has 0 bridgehead atoms. The minimum absolute atomic E-state index is 0.0157. The molecule has 0 saturated carbocycles. The highest BCUT2D eigenvalue weighted by atomic mass is 19.3. The number of benzene rings is 1. The van der Waals surface area contributed by atoms with Crippen LogP contribution in [0.15, 0.2) is 55.5 Å². The predicted molar refractivity (Wildman–Crippen MR) is 133 cm³/mol. The number of methoxy groups -OCH3 is 1. The van der Waals surface area contributed by atoms with E-state index in [9.17, 15) is 4.79 Å². The number of anilines is 5. The topological polar surface area (TPSA) is 92.3 Å². The fourth-order valence-corrected chi connectivity index (χ4v) is 3.22. The Morgan fingerprint density at radius 2 is 1.97 bits per heavy atom. The number of carbonyl (C=O) groups excluding carboxylic acids is 1. The summed E-state index contributed by atoms with van der Waals surface area (Å²) in [5.41, 5.74) is 2.10. The molecule has 0 spiro atoms. The first-order chi connectivity index (χ1) is 16.6. The fourth-order valence-electron chi connectivity index (χ4n) is 3.22. The third-order valence-corrected chi connectivity index (χ3v) is 5.43. The lowest BCUT2D eigenvalue weighted by molar-refractivity contribution is -0.111. The number of aromatic nitrogens is 3. The molecule has 3 rings (SSSR count). The summed E-state index contributed by atoms with van der Waals surface area (Å²) >= 11 is 0. The summed E-state index contributed by atoms with van der Waals surface area (Å²) in [5, 5.41) is 5.71. The van der Waals surface area contributed by atoms with E-state index in [1.807, 2.05) is 6.92 Å². The molecule has 0 aliphatic rings. The lowest BCUT2D eigenvalue weighted by Gasteiger charge is -2.28. The lowest BCUT2D eigenvalue weighted by Crippen LogP contribution is -2.26. The molecule has 0 unspecified atom stereocenters.